The molecule has 0 aliphatic carbocycles. The average Bonchev–Trinajstić information content (AvgIpc) is 2.35. The Labute approximate surface area is 121 Å². The lowest BCUT2D eigenvalue weighted by atomic mass is 10.1. The third-order valence-corrected chi connectivity index (χ3v) is 2.95. The number of halogens is 5. The van der Waals surface area contributed by atoms with Gasteiger partial charge in [0.1, 0.15) is 18.2 Å². The van der Waals surface area contributed by atoms with Gasteiger partial charge in [-0.05, 0) is 29.8 Å². The van der Waals surface area contributed by atoms with E-state index in [9.17, 15) is 17.6 Å². The molecule has 20 heavy (non-hydrogen) atoms. The molecule has 0 fully saturated rings. The summed E-state index contributed by atoms with van der Waals surface area (Å²) in [5.74, 6) is -0.243. The van der Waals surface area contributed by atoms with Gasteiger partial charge >= 0.3 is 6.18 Å². The number of hydrogen-bond acceptors (Lipinski definition) is 1. The molecule has 0 bridgehead atoms. The van der Waals surface area contributed by atoms with Crippen molar-refractivity contribution < 1.29 is 22.3 Å². The number of alkyl halides is 3. The van der Waals surface area contributed by atoms with Crippen LogP contribution < -0.4 is 4.74 Å². The molecule has 0 aliphatic rings. The first-order valence-corrected chi connectivity index (χ1v) is 6.39. The maximum Gasteiger partial charge on any atom is 0.416 e. The van der Waals surface area contributed by atoms with E-state index in [-0.39, 0.29) is 12.4 Å². The maximum absolute atomic E-state index is 13.1. The predicted octanol–water partition coefficient (Wildman–Crippen LogP) is 5.19. The molecule has 0 saturated carbocycles. The van der Waals surface area contributed by atoms with E-state index in [2.05, 4.69) is 15.9 Å². The van der Waals surface area contributed by atoms with Crippen LogP contribution in [0.5, 0.6) is 5.75 Å². The maximum atomic E-state index is 13.1. The topological polar surface area (TPSA) is 9.23 Å². The minimum atomic E-state index is -4.39. The second-order valence-corrected chi connectivity index (χ2v) is 5.01. The molecule has 1 nitrogen and oxygen atoms in total. The fourth-order valence-corrected chi connectivity index (χ4v) is 2.06. The van der Waals surface area contributed by atoms with Crippen LogP contribution in [0.25, 0.3) is 0 Å². The molecule has 0 heterocycles. The fourth-order valence-electron chi connectivity index (χ4n) is 1.62. The van der Waals surface area contributed by atoms with Crippen molar-refractivity contribution in [2.75, 3.05) is 0 Å². The molecule has 0 amide bonds. The molecule has 0 N–H and O–H groups in total. The second-order valence-electron chi connectivity index (χ2n) is 4.09. The summed E-state index contributed by atoms with van der Waals surface area (Å²) in [6.45, 7) is -0.0696. The third kappa shape index (κ3) is 3.96. The van der Waals surface area contributed by atoms with Crippen molar-refractivity contribution in [3.05, 3.63) is 63.9 Å². The molecule has 0 atom stereocenters. The smallest absolute Gasteiger partial charge is 0.416 e. The van der Waals surface area contributed by atoms with Crippen molar-refractivity contribution >= 4 is 15.9 Å². The van der Waals surface area contributed by atoms with Gasteiger partial charge in [-0.3, -0.25) is 0 Å². The Balaban J connectivity index is 2.11. The van der Waals surface area contributed by atoms with E-state index < -0.39 is 17.6 Å². The molecular formula is C14H9BrF4O. The van der Waals surface area contributed by atoms with Crippen molar-refractivity contribution in [1.29, 1.82) is 0 Å². The van der Waals surface area contributed by atoms with E-state index in [1.54, 1.807) is 0 Å². The van der Waals surface area contributed by atoms with Crippen molar-refractivity contribution in [2.45, 2.75) is 12.8 Å². The molecule has 0 aliphatic heterocycles. The highest BCUT2D eigenvalue weighted by Gasteiger charge is 2.30. The molecule has 6 heteroatoms. The highest BCUT2D eigenvalue weighted by atomic mass is 79.9. The van der Waals surface area contributed by atoms with Crippen molar-refractivity contribution in [2.24, 2.45) is 0 Å². The quantitative estimate of drug-likeness (QED) is 0.694. The Bertz CT molecular complexity index is 590. The molecule has 2 rings (SSSR count). The molecule has 106 valence electrons. The highest BCUT2D eigenvalue weighted by molar-refractivity contribution is 9.10. The monoisotopic (exact) mass is 348 g/mol. The largest absolute Gasteiger partial charge is 0.489 e. The van der Waals surface area contributed by atoms with Crippen LogP contribution >= 0.6 is 15.9 Å². The standard InChI is InChI=1S/C14H9BrF4O/c15-11-5-12(16)7-13(6-11)20-8-9-2-1-3-10(4-9)14(17,18)19/h1-7H,8H2. The van der Waals surface area contributed by atoms with Crippen molar-refractivity contribution in [3.8, 4) is 5.75 Å². The molecule has 2 aromatic rings. The Morgan fingerprint density at radius 1 is 1.05 bits per heavy atom. The van der Waals surface area contributed by atoms with Crippen LogP contribution in [0, 0.1) is 5.82 Å². The summed E-state index contributed by atoms with van der Waals surface area (Å²) >= 11 is 3.11. The van der Waals surface area contributed by atoms with Gasteiger partial charge in [-0.1, -0.05) is 28.1 Å². The Morgan fingerprint density at radius 3 is 2.45 bits per heavy atom. The van der Waals surface area contributed by atoms with E-state index >= 15 is 0 Å². The number of rotatable bonds is 3. The van der Waals surface area contributed by atoms with Crippen LogP contribution in [0.3, 0.4) is 0 Å². The number of benzene rings is 2. The zero-order valence-electron chi connectivity index (χ0n) is 10.0. The first-order valence-electron chi connectivity index (χ1n) is 5.59. The van der Waals surface area contributed by atoms with Crippen molar-refractivity contribution in [3.63, 3.8) is 0 Å². The summed E-state index contributed by atoms with van der Waals surface area (Å²) in [6, 6.07) is 8.79. The minimum Gasteiger partial charge on any atom is -0.489 e. The first-order chi connectivity index (χ1) is 9.34. The van der Waals surface area contributed by atoms with Gasteiger partial charge in [0.05, 0.1) is 5.56 Å². The molecule has 0 spiro atoms. The van der Waals surface area contributed by atoms with Gasteiger partial charge in [-0.2, -0.15) is 13.2 Å². The minimum absolute atomic E-state index is 0.0696. The summed E-state index contributed by atoms with van der Waals surface area (Å²) in [6.07, 6.45) is -4.39. The van der Waals surface area contributed by atoms with Crippen LogP contribution in [0.15, 0.2) is 46.9 Å². The molecule has 0 radical (unpaired) electrons. The number of ether oxygens (including phenoxy) is 1. The first kappa shape index (κ1) is 14.8. The van der Waals surface area contributed by atoms with Crippen LogP contribution in [0.1, 0.15) is 11.1 Å². The second kappa shape index (κ2) is 5.83. The predicted molar refractivity (Wildman–Crippen MR) is 69.9 cm³/mol. The van der Waals surface area contributed by atoms with E-state index in [1.165, 1.54) is 30.3 Å². The zero-order chi connectivity index (χ0) is 14.8. The summed E-state index contributed by atoms with van der Waals surface area (Å²) in [5, 5.41) is 0. The lowest BCUT2D eigenvalue weighted by Gasteiger charge is -2.10. The normalized spacial score (nSPS) is 11.4. The summed E-state index contributed by atoms with van der Waals surface area (Å²) in [5.41, 5.74) is -0.376. The van der Waals surface area contributed by atoms with Gasteiger partial charge in [-0.15, -0.1) is 0 Å². The van der Waals surface area contributed by atoms with E-state index in [0.717, 1.165) is 12.1 Å². The van der Waals surface area contributed by atoms with Crippen molar-refractivity contribution in [1.82, 2.24) is 0 Å². The molecule has 0 aromatic heterocycles. The van der Waals surface area contributed by atoms with Crippen LogP contribution in [0.2, 0.25) is 0 Å². The lowest BCUT2D eigenvalue weighted by molar-refractivity contribution is -0.137. The lowest BCUT2D eigenvalue weighted by Crippen LogP contribution is -2.06. The third-order valence-electron chi connectivity index (χ3n) is 2.50. The Hall–Kier alpha value is -1.56. The zero-order valence-corrected chi connectivity index (χ0v) is 11.6. The van der Waals surface area contributed by atoms with Gasteiger partial charge in [-0.25, -0.2) is 4.39 Å². The van der Waals surface area contributed by atoms with Gasteiger partial charge < -0.3 is 4.74 Å². The van der Waals surface area contributed by atoms with Gasteiger partial charge in [0, 0.05) is 10.5 Å². The summed E-state index contributed by atoms with van der Waals surface area (Å²) in [7, 11) is 0. The summed E-state index contributed by atoms with van der Waals surface area (Å²) < 4.78 is 56.5. The Kier molecular flexibility index (Phi) is 4.32. The van der Waals surface area contributed by atoms with E-state index in [4.69, 9.17) is 4.74 Å². The van der Waals surface area contributed by atoms with Gasteiger partial charge in [0.2, 0.25) is 0 Å². The average molecular weight is 349 g/mol. The Morgan fingerprint density at radius 2 is 1.80 bits per heavy atom. The molecule has 2 aromatic carbocycles. The van der Waals surface area contributed by atoms with Gasteiger partial charge in [0.15, 0.2) is 0 Å². The van der Waals surface area contributed by atoms with E-state index in [1.807, 2.05) is 0 Å². The molecule has 0 saturated heterocycles. The summed E-state index contributed by atoms with van der Waals surface area (Å²) in [4.78, 5) is 0. The van der Waals surface area contributed by atoms with Crippen LogP contribution in [0.4, 0.5) is 17.6 Å². The van der Waals surface area contributed by atoms with E-state index in [0.29, 0.717) is 10.0 Å². The molecular weight excluding hydrogens is 340 g/mol. The van der Waals surface area contributed by atoms with Crippen LogP contribution in [-0.2, 0) is 12.8 Å². The SMILES string of the molecule is Fc1cc(Br)cc(OCc2cccc(C(F)(F)F)c2)c1. The number of hydrogen-bond donors (Lipinski definition) is 0. The highest BCUT2D eigenvalue weighted by Crippen LogP contribution is 2.30. The molecule has 0 unspecified atom stereocenters. The van der Waals surface area contributed by atoms with Crippen LogP contribution in [-0.4, -0.2) is 0 Å². The van der Waals surface area contributed by atoms with Gasteiger partial charge in [0.25, 0.3) is 0 Å². The fraction of sp³-hybridized carbons (Fsp3) is 0.143.